The van der Waals surface area contributed by atoms with Crippen LogP contribution < -0.4 is 4.74 Å². The van der Waals surface area contributed by atoms with Gasteiger partial charge in [0.05, 0.1) is 6.61 Å². The van der Waals surface area contributed by atoms with Gasteiger partial charge in [0.15, 0.2) is 5.78 Å². The lowest BCUT2D eigenvalue weighted by Crippen LogP contribution is -2.12. The molecule has 0 aliphatic rings. The van der Waals surface area contributed by atoms with Crippen molar-refractivity contribution in [3.05, 3.63) is 65.7 Å². The molecule has 1 unspecified atom stereocenters. The molecule has 0 heterocycles. The van der Waals surface area contributed by atoms with Crippen molar-refractivity contribution in [3.8, 4) is 5.75 Å². The van der Waals surface area contributed by atoms with Gasteiger partial charge in [0.25, 0.3) is 0 Å². The molecule has 1 atom stereocenters. The van der Waals surface area contributed by atoms with Crippen LogP contribution in [-0.2, 0) is 0 Å². The van der Waals surface area contributed by atoms with E-state index in [-0.39, 0.29) is 19.0 Å². The first-order valence-corrected chi connectivity index (χ1v) is 6.33. The molecular formula is C16H16O4. The Morgan fingerprint density at radius 2 is 1.70 bits per heavy atom. The number of rotatable bonds is 6. The number of benzene rings is 2. The number of Topliss-reactive ketones (excluding diaryl/α,β-unsaturated/α-hetero) is 1. The van der Waals surface area contributed by atoms with Gasteiger partial charge in [-0.25, -0.2) is 0 Å². The third-order valence-electron chi connectivity index (χ3n) is 2.86. The van der Waals surface area contributed by atoms with E-state index in [0.29, 0.717) is 16.9 Å². The van der Waals surface area contributed by atoms with Crippen LogP contribution in [0.5, 0.6) is 5.75 Å². The van der Waals surface area contributed by atoms with Crippen LogP contribution in [0.15, 0.2) is 54.6 Å². The van der Waals surface area contributed by atoms with Gasteiger partial charge in [-0.15, -0.1) is 0 Å². The SMILES string of the molecule is O=C(c1ccccc1)C(O)c1ccc(OCCO)cc1. The van der Waals surface area contributed by atoms with Crippen LogP contribution in [0, 0.1) is 0 Å². The van der Waals surface area contributed by atoms with Gasteiger partial charge < -0.3 is 14.9 Å². The van der Waals surface area contributed by atoms with Crippen LogP contribution in [0.4, 0.5) is 0 Å². The molecule has 2 rings (SSSR count). The molecule has 20 heavy (non-hydrogen) atoms. The van der Waals surface area contributed by atoms with Crippen molar-refractivity contribution in [1.82, 2.24) is 0 Å². The third kappa shape index (κ3) is 3.44. The summed E-state index contributed by atoms with van der Waals surface area (Å²) >= 11 is 0. The summed E-state index contributed by atoms with van der Waals surface area (Å²) in [7, 11) is 0. The molecule has 0 fully saturated rings. The molecule has 0 radical (unpaired) electrons. The first-order valence-electron chi connectivity index (χ1n) is 6.33. The minimum absolute atomic E-state index is 0.0587. The summed E-state index contributed by atoms with van der Waals surface area (Å²) in [4.78, 5) is 12.1. The van der Waals surface area contributed by atoms with E-state index in [1.54, 1.807) is 48.5 Å². The molecule has 0 amide bonds. The number of carbonyl (C=O) groups is 1. The molecule has 4 heteroatoms. The zero-order chi connectivity index (χ0) is 14.4. The number of hydrogen-bond donors (Lipinski definition) is 2. The van der Waals surface area contributed by atoms with E-state index >= 15 is 0 Å². The molecule has 0 aromatic heterocycles. The Morgan fingerprint density at radius 3 is 2.30 bits per heavy atom. The zero-order valence-corrected chi connectivity index (χ0v) is 10.9. The zero-order valence-electron chi connectivity index (χ0n) is 10.9. The van der Waals surface area contributed by atoms with Gasteiger partial charge in [0, 0.05) is 5.56 Å². The number of aliphatic hydroxyl groups excluding tert-OH is 2. The molecule has 0 aliphatic carbocycles. The fourth-order valence-electron chi connectivity index (χ4n) is 1.82. The fraction of sp³-hybridized carbons (Fsp3) is 0.188. The van der Waals surface area contributed by atoms with Crippen LogP contribution >= 0.6 is 0 Å². The summed E-state index contributed by atoms with van der Waals surface area (Å²) in [6.45, 7) is 0.154. The first-order chi connectivity index (χ1) is 9.72. The topological polar surface area (TPSA) is 66.8 Å². The Balaban J connectivity index is 2.09. The molecule has 2 N–H and O–H groups in total. The molecule has 2 aromatic rings. The van der Waals surface area contributed by atoms with Crippen molar-refractivity contribution < 1.29 is 19.7 Å². The van der Waals surface area contributed by atoms with E-state index in [1.165, 1.54) is 0 Å². The molecule has 2 aromatic carbocycles. The van der Waals surface area contributed by atoms with Gasteiger partial charge in [0.2, 0.25) is 0 Å². The summed E-state index contributed by atoms with van der Waals surface area (Å²) in [5, 5.41) is 18.7. The van der Waals surface area contributed by atoms with Gasteiger partial charge >= 0.3 is 0 Å². The monoisotopic (exact) mass is 272 g/mol. The summed E-state index contributed by atoms with van der Waals surface area (Å²) in [6, 6.07) is 15.3. The number of ether oxygens (including phenoxy) is 1. The van der Waals surface area contributed by atoms with Crippen LogP contribution in [0.1, 0.15) is 22.0 Å². The van der Waals surface area contributed by atoms with Gasteiger partial charge in [-0.05, 0) is 17.7 Å². The second kappa shape index (κ2) is 6.84. The second-order valence-electron chi connectivity index (χ2n) is 4.27. The van der Waals surface area contributed by atoms with Crippen LogP contribution in [0.25, 0.3) is 0 Å². The maximum Gasteiger partial charge on any atom is 0.195 e. The fourth-order valence-corrected chi connectivity index (χ4v) is 1.82. The molecule has 104 valence electrons. The Morgan fingerprint density at radius 1 is 1.05 bits per heavy atom. The minimum atomic E-state index is -1.19. The highest BCUT2D eigenvalue weighted by atomic mass is 16.5. The summed E-state index contributed by atoms with van der Waals surface area (Å²) < 4.78 is 5.22. The van der Waals surface area contributed by atoms with Gasteiger partial charge in [0.1, 0.15) is 18.5 Å². The highest BCUT2D eigenvalue weighted by molar-refractivity contribution is 5.99. The van der Waals surface area contributed by atoms with Crippen molar-refractivity contribution in [2.75, 3.05) is 13.2 Å². The Bertz CT molecular complexity index is 548. The quantitative estimate of drug-likeness (QED) is 0.789. The van der Waals surface area contributed by atoms with Crippen molar-refractivity contribution in [1.29, 1.82) is 0 Å². The first kappa shape index (κ1) is 14.2. The van der Waals surface area contributed by atoms with Crippen molar-refractivity contribution in [2.45, 2.75) is 6.10 Å². The van der Waals surface area contributed by atoms with Crippen molar-refractivity contribution in [3.63, 3.8) is 0 Å². The maximum absolute atomic E-state index is 12.1. The summed E-state index contributed by atoms with van der Waals surface area (Å²) in [5.41, 5.74) is 0.982. The van der Waals surface area contributed by atoms with E-state index in [4.69, 9.17) is 9.84 Å². The van der Waals surface area contributed by atoms with Crippen LogP contribution in [0.2, 0.25) is 0 Å². The minimum Gasteiger partial charge on any atom is -0.491 e. The molecule has 0 saturated heterocycles. The number of ketones is 1. The Hall–Kier alpha value is -2.17. The van der Waals surface area contributed by atoms with Crippen LogP contribution in [0.3, 0.4) is 0 Å². The highest BCUT2D eigenvalue weighted by Crippen LogP contribution is 2.21. The summed E-state index contributed by atoms with van der Waals surface area (Å²) in [6.07, 6.45) is -1.19. The number of hydrogen-bond acceptors (Lipinski definition) is 4. The van der Waals surface area contributed by atoms with E-state index in [2.05, 4.69) is 0 Å². The predicted octanol–water partition coefficient (Wildman–Crippen LogP) is 1.97. The third-order valence-corrected chi connectivity index (χ3v) is 2.86. The Labute approximate surface area is 117 Å². The molecule has 0 aliphatic heterocycles. The molecule has 0 spiro atoms. The van der Waals surface area contributed by atoms with Gasteiger partial charge in [-0.2, -0.15) is 0 Å². The second-order valence-corrected chi connectivity index (χ2v) is 4.27. The standard InChI is InChI=1S/C16H16O4/c17-10-11-20-14-8-6-13(7-9-14)16(19)15(18)12-4-2-1-3-5-12/h1-9,16-17,19H,10-11H2. The molecule has 0 saturated carbocycles. The smallest absolute Gasteiger partial charge is 0.195 e. The molecule has 4 nitrogen and oxygen atoms in total. The van der Waals surface area contributed by atoms with Crippen molar-refractivity contribution >= 4 is 5.78 Å². The number of carbonyl (C=O) groups excluding carboxylic acids is 1. The lowest BCUT2D eigenvalue weighted by Gasteiger charge is -2.11. The Kier molecular flexibility index (Phi) is 4.87. The lowest BCUT2D eigenvalue weighted by molar-refractivity contribution is 0.0747. The van der Waals surface area contributed by atoms with Crippen LogP contribution in [-0.4, -0.2) is 29.2 Å². The number of aliphatic hydroxyl groups is 2. The van der Waals surface area contributed by atoms with E-state index in [0.717, 1.165) is 0 Å². The van der Waals surface area contributed by atoms with Gasteiger partial charge in [-0.3, -0.25) is 4.79 Å². The molecule has 0 bridgehead atoms. The predicted molar refractivity (Wildman–Crippen MR) is 74.8 cm³/mol. The maximum atomic E-state index is 12.1. The highest BCUT2D eigenvalue weighted by Gasteiger charge is 2.18. The average Bonchev–Trinajstić information content (AvgIpc) is 2.53. The van der Waals surface area contributed by atoms with E-state index < -0.39 is 6.10 Å². The van der Waals surface area contributed by atoms with E-state index in [1.807, 2.05) is 6.07 Å². The largest absolute Gasteiger partial charge is 0.491 e. The normalized spacial score (nSPS) is 11.9. The lowest BCUT2D eigenvalue weighted by atomic mass is 10.00. The van der Waals surface area contributed by atoms with Gasteiger partial charge in [-0.1, -0.05) is 42.5 Å². The molecular weight excluding hydrogens is 256 g/mol. The van der Waals surface area contributed by atoms with Crippen molar-refractivity contribution in [2.24, 2.45) is 0 Å². The average molecular weight is 272 g/mol. The summed E-state index contributed by atoms with van der Waals surface area (Å²) in [5.74, 6) is 0.247. The van der Waals surface area contributed by atoms with E-state index in [9.17, 15) is 9.90 Å².